The summed E-state index contributed by atoms with van der Waals surface area (Å²) in [5.41, 5.74) is 1.28. The van der Waals surface area contributed by atoms with Gasteiger partial charge < -0.3 is 4.90 Å². The molecule has 2 fully saturated rings. The van der Waals surface area contributed by atoms with Crippen molar-refractivity contribution in [3.05, 3.63) is 18.0 Å². The van der Waals surface area contributed by atoms with Crippen LogP contribution in [-0.2, 0) is 4.79 Å². The van der Waals surface area contributed by atoms with E-state index in [2.05, 4.69) is 43.0 Å². The van der Waals surface area contributed by atoms with Crippen LogP contribution in [0.1, 0.15) is 91.0 Å². The van der Waals surface area contributed by atoms with Gasteiger partial charge in [-0.05, 0) is 63.4 Å². The number of rotatable bonds is 8. The van der Waals surface area contributed by atoms with Crippen molar-refractivity contribution in [1.82, 2.24) is 14.9 Å². The average molecular weight is 415 g/mol. The first-order valence-electron chi connectivity index (χ1n) is 12.2. The molecule has 3 rings (SSSR count). The number of piperazine rings is 1. The molecule has 1 aromatic heterocycles. The van der Waals surface area contributed by atoms with Gasteiger partial charge in [0, 0.05) is 56.5 Å². The SMILES string of the molecule is CCCC1CN(C(C)C)CCN1c1ncc([C@H]2CC[C@@H](CC(=O)C(C)C)CC2)cn1. The zero-order valence-electron chi connectivity index (χ0n) is 19.8. The molecular formula is C25H42N4O. The molecule has 1 unspecified atom stereocenters. The number of carbonyl (C=O) groups is 1. The summed E-state index contributed by atoms with van der Waals surface area (Å²) in [6.07, 6.45) is 11.9. The first-order valence-corrected chi connectivity index (χ1v) is 12.2. The van der Waals surface area contributed by atoms with E-state index in [4.69, 9.17) is 9.97 Å². The summed E-state index contributed by atoms with van der Waals surface area (Å²) < 4.78 is 0. The van der Waals surface area contributed by atoms with Gasteiger partial charge in [-0.25, -0.2) is 9.97 Å². The Balaban J connectivity index is 1.58. The largest absolute Gasteiger partial charge is 0.335 e. The molecule has 5 heteroatoms. The van der Waals surface area contributed by atoms with Crippen molar-refractivity contribution in [3.8, 4) is 0 Å². The molecule has 168 valence electrons. The number of hydrogen-bond donors (Lipinski definition) is 0. The minimum atomic E-state index is 0.169. The summed E-state index contributed by atoms with van der Waals surface area (Å²) in [7, 11) is 0. The number of carbonyl (C=O) groups excluding carboxylic acids is 1. The van der Waals surface area contributed by atoms with Gasteiger partial charge in [0.25, 0.3) is 0 Å². The molecule has 0 N–H and O–H groups in total. The second-order valence-corrected chi connectivity index (χ2v) is 10.1. The number of nitrogens with zero attached hydrogens (tertiary/aromatic N) is 4. The lowest BCUT2D eigenvalue weighted by molar-refractivity contribution is -0.123. The van der Waals surface area contributed by atoms with Gasteiger partial charge in [-0.1, -0.05) is 27.2 Å². The molecule has 1 saturated carbocycles. The van der Waals surface area contributed by atoms with E-state index in [9.17, 15) is 4.79 Å². The van der Waals surface area contributed by atoms with Gasteiger partial charge in [0.05, 0.1) is 0 Å². The van der Waals surface area contributed by atoms with Crippen LogP contribution in [0.15, 0.2) is 12.4 Å². The standard InChI is InChI=1S/C25H42N4O/c1-6-7-23-17-28(19(4)5)12-13-29(23)25-26-15-22(16-27-25)21-10-8-20(9-11-21)14-24(30)18(2)3/h15-16,18-21,23H,6-14,17H2,1-5H3/t20-,21+,23?. The number of ketones is 1. The molecule has 1 aliphatic heterocycles. The lowest BCUT2D eigenvalue weighted by Gasteiger charge is -2.43. The second-order valence-electron chi connectivity index (χ2n) is 10.1. The number of hydrogen-bond acceptors (Lipinski definition) is 5. The Morgan fingerprint density at radius 3 is 2.30 bits per heavy atom. The summed E-state index contributed by atoms with van der Waals surface area (Å²) in [6.45, 7) is 14.1. The quantitative estimate of drug-likeness (QED) is 0.595. The van der Waals surface area contributed by atoms with Crippen molar-refractivity contribution in [2.24, 2.45) is 11.8 Å². The van der Waals surface area contributed by atoms with Crippen LogP contribution < -0.4 is 4.90 Å². The molecule has 2 aliphatic rings. The van der Waals surface area contributed by atoms with E-state index in [-0.39, 0.29) is 5.92 Å². The van der Waals surface area contributed by atoms with Gasteiger partial charge in [-0.3, -0.25) is 9.69 Å². The van der Waals surface area contributed by atoms with Crippen molar-refractivity contribution in [2.45, 2.75) is 97.6 Å². The van der Waals surface area contributed by atoms with Crippen LogP contribution in [0.4, 0.5) is 5.95 Å². The van der Waals surface area contributed by atoms with Crippen molar-refractivity contribution in [1.29, 1.82) is 0 Å². The lowest BCUT2D eigenvalue weighted by Crippen LogP contribution is -2.55. The number of aromatic nitrogens is 2. The maximum atomic E-state index is 12.1. The molecule has 0 radical (unpaired) electrons. The topological polar surface area (TPSA) is 49.3 Å². The van der Waals surface area contributed by atoms with Crippen molar-refractivity contribution in [3.63, 3.8) is 0 Å². The van der Waals surface area contributed by atoms with Gasteiger partial charge >= 0.3 is 0 Å². The molecule has 1 atom stereocenters. The van der Waals surface area contributed by atoms with Crippen LogP contribution in [0.2, 0.25) is 0 Å². The van der Waals surface area contributed by atoms with Crippen LogP contribution in [0.5, 0.6) is 0 Å². The third kappa shape index (κ3) is 5.81. The third-order valence-corrected chi connectivity index (χ3v) is 7.23. The van der Waals surface area contributed by atoms with Gasteiger partial charge in [-0.2, -0.15) is 0 Å². The Morgan fingerprint density at radius 1 is 1.07 bits per heavy atom. The minimum Gasteiger partial charge on any atom is -0.335 e. The molecule has 30 heavy (non-hydrogen) atoms. The van der Waals surface area contributed by atoms with E-state index in [0.29, 0.717) is 29.7 Å². The highest BCUT2D eigenvalue weighted by Gasteiger charge is 2.30. The first kappa shape index (κ1) is 23.2. The molecule has 1 aromatic rings. The van der Waals surface area contributed by atoms with E-state index in [1.54, 1.807) is 0 Å². The van der Waals surface area contributed by atoms with Gasteiger partial charge in [0.15, 0.2) is 0 Å². The number of Topliss-reactive ketones (excluding diaryl/α,β-unsaturated/α-hetero) is 1. The smallest absolute Gasteiger partial charge is 0.225 e. The van der Waals surface area contributed by atoms with Crippen LogP contribution in [0.25, 0.3) is 0 Å². The fourth-order valence-corrected chi connectivity index (χ4v) is 5.10. The highest BCUT2D eigenvalue weighted by Crippen LogP contribution is 2.37. The van der Waals surface area contributed by atoms with Crippen molar-refractivity contribution in [2.75, 3.05) is 24.5 Å². The Labute approximate surface area is 183 Å². The van der Waals surface area contributed by atoms with Crippen LogP contribution >= 0.6 is 0 Å². The highest BCUT2D eigenvalue weighted by atomic mass is 16.1. The van der Waals surface area contributed by atoms with Crippen molar-refractivity contribution >= 4 is 11.7 Å². The van der Waals surface area contributed by atoms with Crippen molar-refractivity contribution < 1.29 is 4.79 Å². The molecule has 0 aromatic carbocycles. The molecule has 2 heterocycles. The van der Waals surface area contributed by atoms with Crippen LogP contribution in [-0.4, -0.2) is 52.4 Å². The summed E-state index contributed by atoms with van der Waals surface area (Å²) in [6, 6.07) is 1.10. The zero-order valence-corrected chi connectivity index (χ0v) is 19.8. The predicted octanol–water partition coefficient (Wildman–Crippen LogP) is 5.06. The van der Waals surface area contributed by atoms with Gasteiger partial charge in [-0.15, -0.1) is 0 Å². The Bertz CT molecular complexity index is 664. The fraction of sp³-hybridized carbons (Fsp3) is 0.800. The fourth-order valence-electron chi connectivity index (χ4n) is 5.10. The Morgan fingerprint density at radius 2 is 1.73 bits per heavy atom. The zero-order chi connectivity index (χ0) is 21.7. The van der Waals surface area contributed by atoms with E-state index < -0.39 is 0 Å². The minimum absolute atomic E-state index is 0.169. The lowest BCUT2D eigenvalue weighted by atomic mass is 9.77. The van der Waals surface area contributed by atoms with E-state index in [1.165, 1.54) is 18.4 Å². The van der Waals surface area contributed by atoms with E-state index in [1.807, 2.05) is 13.8 Å². The van der Waals surface area contributed by atoms with E-state index in [0.717, 1.165) is 57.7 Å². The maximum Gasteiger partial charge on any atom is 0.225 e. The molecule has 5 nitrogen and oxygen atoms in total. The van der Waals surface area contributed by atoms with E-state index >= 15 is 0 Å². The van der Waals surface area contributed by atoms with Gasteiger partial charge in [0.2, 0.25) is 5.95 Å². The summed E-state index contributed by atoms with van der Waals surface area (Å²) in [5.74, 6) is 2.61. The van der Waals surface area contributed by atoms with Gasteiger partial charge in [0.1, 0.15) is 5.78 Å². The predicted molar refractivity (Wildman–Crippen MR) is 124 cm³/mol. The third-order valence-electron chi connectivity index (χ3n) is 7.23. The Hall–Kier alpha value is -1.49. The van der Waals surface area contributed by atoms with Crippen LogP contribution in [0, 0.1) is 11.8 Å². The summed E-state index contributed by atoms with van der Waals surface area (Å²) >= 11 is 0. The highest BCUT2D eigenvalue weighted by molar-refractivity contribution is 5.80. The second kappa shape index (κ2) is 10.7. The van der Waals surface area contributed by atoms with Crippen LogP contribution in [0.3, 0.4) is 0 Å². The molecule has 1 aliphatic carbocycles. The normalized spacial score (nSPS) is 25.8. The molecule has 0 amide bonds. The summed E-state index contributed by atoms with van der Waals surface area (Å²) in [4.78, 5) is 26.7. The molecule has 1 saturated heterocycles. The monoisotopic (exact) mass is 414 g/mol. The Kier molecular flexibility index (Phi) is 8.27. The summed E-state index contributed by atoms with van der Waals surface area (Å²) in [5, 5.41) is 0. The first-order chi connectivity index (χ1) is 14.4. The molecule has 0 bridgehead atoms. The molecular weight excluding hydrogens is 372 g/mol. The number of anilines is 1. The average Bonchev–Trinajstić information content (AvgIpc) is 2.74. The molecule has 0 spiro atoms. The maximum absolute atomic E-state index is 12.1.